The van der Waals surface area contributed by atoms with Gasteiger partial charge >= 0.3 is 5.25 Å². The number of hydrogen-bond donors (Lipinski definition) is 0. The summed E-state index contributed by atoms with van der Waals surface area (Å²) in [5.74, 6) is 0.339. The topological polar surface area (TPSA) is 38.7 Å². The smallest absolute Gasteiger partial charge is 0.331 e. The molecule has 0 bridgehead atoms. The molecule has 0 heterocycles. The van der Waals surface area contributed by atoms with Gasteiger partial charge in [-0.2, -0.15) is 8.78 Å². The Kier molecular flexibility index (Phi) is 10.3. The highest BCUT2D eigenvalue weighted by Crippen LogP contribution is 2.60. The van der Waals surface area contributed by atoms with Crippen LogP contribution in [-0.4, -0.2) is 32.1 Å². The van der Waals surface area contributed by atoms with Crippen LogP contribution in [0.5, 0.6) is 0 Å². The summed E-state index contributed by atoms with van der Waals surface area (Å²) in [7, 11) is -8.37. The van der Waals surface area contributed by atoms with Crippen molar-refractivity contribution >= 4 is 26.3 Å². The van der Waals surface area contributed by atoms with Crippen LogP contribution in [-0.2, 0) is 14.2 Å². The number of rotatable bonds is 11. The molecule has 0 unspecified atom stereocenters. The molecule has 0 N–H and O–H groups in total. The third kappa shape index (κ3) is 6.35. The van der Waals surface area contributed by atoms with Gasteiger partial charge in [0.1, 0.15) is 9.73 Å². The van der Waals surface area contributed by atoms with Gasteiger partial charge in [0.15, 0.2) is 16.6 Å². The molecule has 1 aromatic carbocycles. The Bertz CT molecular complexity index is 1100. The van der Waals surface area contributed by atoms with Gasteiger partial charge in [0.2, 0.25) is 0 Å². The van der Waals surface area contributed by atoms with E-state index in [9.17, 15) is 4.21 Å². The van der Waals surface area contributed by atoms with E-state index in [-0.39, 0.29) is 33.3 Å². The monoisotopic (exact) mass is 613 g/mol. The normalized spacial score (nSPS) is 28.6. The SMILES string of the molecule is CC[Si](CC)(CC)O[C@H]1CCC[C@]2(C)[C@@H]([C@H](C)CC(F)(F)[S@](=O)(=N[Si](C)(C)C(C)(C)C)c3ccccc3)CC[C@@H]12. The van der Waals surface area contributed by atoms with E-state index in [0.717, 1.165) is 50.2 Å². The van der Waals surface area contributed by atoms with Gasteiger partial charge in [0, 0.05) is 12.5 Å². The van der Waals surface area contributed by atoms with Gasteiger partial charge in [0.05, 0.1) is 4.90 Å². The minimum absolute atomic E-state index is 0.0159. The fourth-order valence-corrected chi connectivity index (χ4v) is 16.4. The lowest BCUT2D eigenvalue weighted by Crippen LogP contribution is -2.49. The maximum absolute atomic E-state index is 16.6. The minimum atomic E-state index is -3.97. The molecule has 0 saturated heterocycles. The molecule has 8 heteroatoms. The number of hydrogen-bond acceptors (Lipinski definition) is 3. The summed E-state index contributed by atoms with van der Waals surface area (Å²) in [6.07, 6.45) is 5.12. The van der Waals surface area contributed by atoms with E-state index in [1.165, 1.54) is 0 Å². The highest BCUT2D eigenvalue weighted by Gasteiger charge is 2.56. The van der Waals surface area contributed by atoms with Crippen LogP contribution in [0.4, 0.5) is 8.78 Å². The second-order valence-electron chi connectivity index (χ2n) is 14.6. The van der Waals surface area contributed by atoms with Crippen molar-refractivity contribution in [2.75, 3.05) is 0 Å². The molecular formula is C32H57F2NO2SSi2. The molecule has 0 aliphatic heterocycles. The van der Waals surface area contributed by atoms with Crippen molar-refractivity contribution < 1.29 is 17.4 Å². The van der Waals surface area contributed by atoms with Gasteiger partial charge in [-0.1, -0.05) is 80.0 Å². The van der Waals surface area contributed by atoms with Crippen LogP contribution >= 0.6 is 0 Å². The third-order valence-corrected chi connectivity index (χ3v) is 24.5. The molecule has 0 aromatic heterocycles. The second kappa shape index (κ2) is 12.2. The Morgan fingerprint density at radius 2 is 1.62 bits per heavy atom. The van der Waals surface area contributed by atoms with Crippen LogP contribution in [0.25, 0.3) is 0 Å². The van der Waals surface area contributed by atoms with Crippen molar-refractivity contribution in [3.8, 4) is 0 Å². The first-order chi connectivity index (χ1) is 18.4. The first kappa shape index (κ1) is 33.9. The molecule has 3 rings (SSSR count). The summed E-state index contributed by atoms with van der Waals surface area (Å²) in [6.45, 7) is 21.2. The molecule has 6 atom stereocenters. The van der Waals surface area contributed by atoms with Crippen LogP contribution in [0, 0.1) is 23.2 Å². The van der Waals surface area contributed by atoms with Crippen LogP contribution < -0.4 is 0 Å². The predicted molar refractivity (Wildman–Crippen MR) is 171 cm³/mol. The molecule has 2 aliphatic rings. The molecule has 230 valence electrons. The maximum atomic E-state index is 16.6. The summed E-state index contributed by atoms with van der Waals surface area (Å²) in [4.78, 5) is 0.165. The van der Waals surface area contributed by atoms with Crippen molar-refractivity contribution in [3.05, 3.63) is 30.3 Å². The Hall–Kier alpha value is -0.576. The van der Waals surface area contributed by atoms with Crippen LogP contribution in [0.2, 0.25) is 36.3 Å². The zero-order valence-corrected chi connectivity index (χ0v) is 29.8. The summed E-state index contributed by atoms with van der Waals surface area (Å²) >= 11 is 0. The average Bonchev–Trinajstić information content (AvgIpc) is 3.24. The Morgan fingerprint density at radius 3 is 2.15 bits per heavy atom. The molecule has 0 radical (unpaired) electrons. The van der Waals surface area contributed by atoms with Gasteiger partial charge in [-0.05, 0) is 97.2 Å². The highest BCUT2D eigenvalue weighted by molar-refractivity contribution is 7.95. The van der Waals surface area contributed by atoms with E-state index in [0.29, 0.717) is 5.92 Å². The van der Waals surface area contributed by atoms with Crippen molar-refractivity contribution in [2.45, 2.75) is 146 Å². The second-order valence-corrected chi connectivity index (χ2v) is 26.8. The molecule has 0 spiro atoms. The van der Waals surface area contributed by atoms with Gasteiger partial charge < -0.3 is 4.43 Å². The van der Waals surface area contributed by atoms with Crippen molar-refractivity contribution in [2.24, 2.45) is 27.2 Å². The molecule has 3 nitrogen and oxygen atoms in total. The molecule has 40 heavy (non-hydrogen) atoms. The number of benzene rings is 1. The van der Waals surface area contributed by atoms with Gasteiger partial charge in [0.25, 0.3) is 0 Å². The lowest BCUT2D eigenvalue weighted by Gasteiger charge is -2.49. The molecule has 0 amide bonds. The fraction of sp³-hybridized carbons (Fsp3) is 0.812. The Morgan fingerprint density at radius 1 is 1.05 bits per heavy atom. The molecular weight excluding hydrogens is 557 g/mol. The first-order valence-corrected chi connectivity index (χ1v) is 22.8. The molecule has 2 aliphatic carbocycles. The first-order valence-electron chi connectivity index (χ1n) is 15.8. The van der Waals surface area contributed by atoms with Crippen molar-refractivity contribution in [1.82, 2.24) is 0 Å². The van der Waals surface area contributed by atoms with Crippen molar-refractivity contribution in [3.63, 3.8) is 0 Å². The zero-order chi connectivity index (χ0) is 30.2. The number of fused-ring (bicyclic) bond motifs is 1. The standard InChI is InChI=1S/C32H57F2NO2SSi2/c1-11-40(12-2,13-3)37-29-20-17-23-31(8)27(21-22-28(29)31)25(4)24-32(33,34)38(36,26-18-15-14-16-19-26)35-39(9,10)30(5,6)7/h14-16,18-19,25,27-29H,11-13,17,20-24H2,1-10H3/t25-,27-,28+,29+,31-,38+/m1/s1. The average molecular weight is 614 g/mol. The van der Waals surface area contributed by atoms with E-state index in [1.807, 2.05) is 40.8 Å². The summed E-state index contributed by atoms with van der Waals surface area (Å²) in [6, 6.07) is 11.8. The zero-order valence-electron chi connectivity index (χ0n) is 27.0. The van der Waals surface area contributed by atoms with E-state index < -0.39 is 38.0 Å². The van der Waals surface area contributed by atoms with Crippen LogP contribution in [0.1, 0.15) is 93.9 Å². The molecule has 2 saturated carbocycles. The van der Waals surface area contributed by atoms with E-state index >= 15 is 8.78 Å². The molecule has 1 aromatic rings. The van der Waals surface area contributed by atoms with Gasteiger partial charge in [-0.25, -0.2) is 4.21 Å². The number of halogens is 2. The lowest BCUT2D eigenvalue weighted by atomic mass is 9.61. The Balaban J connectivity index is 1.94. The number of nitrogens with zero attached hydrogens (tertiary/aromatic N) is 1. The quantitative estimate of drug-likeness (QED) is 0.233. The van der Waals surface area contributed by atoms with E-state index in [1.54, 1.807) is 30.3 Å². The van der Waals surface area contributed by atoms with Crippen LogP contribution in [0.3, 0.4) is 0 Å². The third-order valence-electron chi connectivity index (χ3n) is 11.4. The van der Waals surface area contributed by atoms with Gasteiger partial charge in [-0.15, -0.1) is 0 Å². The predicted octanol–water partition coefficient (Wildman–Crippen LogP) is 10.7. The van der Waals surface area contributed by atoms with E-state index in [2.05, 4.69) is 27.7 Å². The Labute approximate surface area is 247 Å². The maximum Gasteiger partial charge on any atom is 0.331 e. The summed E-state index contributed by atoms with van der Waals surface area (Å²) < 4.78 is 59.6. The molecule has 2 fully saturated rings. The van der Waals surface area contributed by atoms with Crippen LogP contribution in [0.15, 0.2) is 39.3 Å². The van der Waals surface area contributed by atoms with E-state index in [4.69, 9.17) is 8.45 Å². The van der Waals surface area contributed by atoms with Gasteiger partial charge in [-0.3, -0.25) is 4.03 Å². The fourth-order valence-electron chi connectivity index (χ4n) is 7.54. The lowest BCUT2D eigenvalue weighted by molar-refractivity contribution is -0.0302. The number of alkyl halides is 2. The van der Waals surface area contributed by atoms with Crippen molar-refractivity contribution in [1.29, 1.82) is 0 Å². The minimum Gasteiger partial charge on any atom is -0.414 e. The largest absolute Gasteiger partial charge is 0.414 e. The summed E-state index contributed by atoms with van der Waals surface area (Å²) in [5.41, 5.74) is -0.0159. The highest BCUT2D eigenvalue weighted by atomic mass is 32.2. The summed E-state index contributed by atoms with van der Waals surface area (Å²) in [5, 5.41) is -3.71.